The van der Waals surface area contributed by atoms with E-state index in [2.05, 4.69) is 6.07 Å². The molecule has 0 aromatic rings. The molecule has 0 saturated heterocycles. The van der Waals surface area contributed by atoms with Crippen LogP contribution in [0.2, 0.25) is 5.02 Å². The highest BCUT2D eigenvalue weighted by Gasteiger charge is 2.13. The van der Waals surface area contributed by atoms with E-state index in [0.717, 1.165) is 5.02 Å². The van der Waals surface area contributed by atoms with Crippen LogP contribution in [0.15, 0.2) is 18.2 Å². The van der Waals surface area contributed by atoms with Gasteiger partial charge in [0.05, 0.1) is 0 Å². The van der Waals surface area contributed by atoms with Crippen molar-refractivity contribution >= 4 is 34.8 Å². The van der Waals surface area contributed by atoms with Crippen LogP contribution in [0.25, 0.3) is 11.1 Å². The average Bonchev–Trinajstić information content (AvgIpc) is 1.87. The van der Waals surface area contributed by atoms with Crippen molar-refractivity contribution < 1.29 is 2.86 Å². The van der Waals surface area contributed by atoms with Crippen LogP contribution in [0.4, 0.5) is 2.86 Å². The van der Waals surface area contributed by atoms with Gasteiger partial charge in [-0.2, -0.15) is 2.86 Å². The number of hydrogen-bond acceptors (Lipinski definition) is 0. The van der Waals surface area contributed by atoms with Gasteiger partial charge >= 0.3 is 0 Å². The van der Waals surface area contributed by atoms with Gasteiger partial charge in [0.15, 0.2) is 23.2 Å². The van der Waals surface area contributed by atoms with Crippen LogP contribution >= 0.6 is 34.8 Å². The Labute approximate surface area is 71.9 Å². The van der Waals surface area contributed by atoms with Gasteiger partial charge in [-0.3, -0.25) is 0 Å². The highest BCUT2D eigenvalue weighted by atomic mass is 127. The summed E-state index contributed by atoms with van der Waals surface area (Å²) >= 11 is 6.25. The third-order valence-corrected chi connectivity index (χ3v) is 1.59. The Bertz CT molecular complexity index is 224. The summed E-state index contributed by atoms with van der Waals surface area (Å²) in [6.45, 7) is 0. The Hall–Kier alpha value is 0.170. The average molecular weight is 256 g/mol. The molecule has 0 amide bonds. The summed E-state index contributed by atoms with van der Waals surface area (Å²) < 4.78 is 9.47. The maximum absolute atomic E-state index is 9.47. The van der Waals surface area contributed by atoms with E-state index in [0.29, 0.717) is 23.2 Å². The van der Waals surface area contributed by atoms with E-state index < -0.39 is 0 Å². The molecule has 0 aromatic heterocycles. The fraction of sp³-hybridized carbons (Fsp3) is 0. The molecule has 0 radical (unpaired) electrons. The lowest BCUT2D eigenvalue weighted by atomic mass is 9.94. The van der Waals surface area contributed by atoms with Crippen LogP contribution in [0.1, 0.15) is 0 Å². The van der Waals surface area contributed by atoms with Crippen molar-refractivity contribution in [2.24, 2.45) is 0 Å². The van der Waals surface area contributed by atoms with Crippen molar-refractivity contribution in [2.75, 3.05) is 0 Å². The zero-order chi connectivity index (χ0) is 6.85. The van der Waals surface area contributed by atoms with Crippen molar-refractivity contribution in [3.05, 3.63) is 23.2 Å². The van der Waals surface area contributed by atoms with Crippen LogP contribution in [0, 0.1) is 0 Å². The molecule has 2 aliphatic rings. The lowest BCUT2D eigenvalue weighted by Gasteiger charge is -2.15. The second kappa shape index (κ2) is 2.84. The van der Waals surface area contributed by atoms with Gasteiger partial charge in [-0.15, -0.1) is 0 Å². The zero-order valence-electron chi connectivity index (χ0n) is 4.37. The first kappa shape index (κ1) is 7.28. The maximum Gasteiger partial charge on any atom is 0.171 e. The van der Waals surface area contributed by atoms with Crippen molar-refractivity contribution in [3.8, 4) is 11.1 Å². The largest absolute Gasteiger partial charge is 0.171 e. The van der Waals surface area contributed by atoms with E-state index in [-0.39, 0.29) is 0 Å². The second-order valence-corrected chi connectivity index (χ2v) is 2.10. The van der Waals surface area contributed by atoms with E-state index in [1.807, 2.05) is 12.1 Å². The summed E-state index contributed by atoms with van der Waals surface area (Å²) in [6, 6.07) is 6.05. The highest BCUT2D eigenvalue weighted by molar-refractivity contribution is 14.1. The maximum atomic E-state index is 9.47. The van der Waals surface area contributed by atoms with E-state index in [1.54, 1.807) is 0 Å². The molecule has 2 rings (SSSR count). The summed E-state index contributed by atoms with van der Waals surface area (Å²) in [5.74, 6) is 0. The van der Waals surface area contributed by atoms with E-state index in [4.69, 9.17) is 11.6 Å². The Balaban J connectivity index is 0.000000186. The number of rotatable bonds is 0. The molecule has 0 atom stereocenters. The molecule has 0 aromatic carbocycles. The molecule has 0 N–H and O–H groups in total. The second-order valence-electron chi connectivity index (χ2n) is 1.69. The molecular weight excluding hydrogens is 253 g/mol. The van der Waals surface area contributed by atoms with E-state index in [9.17, 15) is 2.86 Å². The molecule has 9 heavy (non-hydrogen) atoms. The standard InChI is InChI=1S/C6H3Cl.FI/c7-6-3-4-1-2-5(4)6;1-2/h1-3H;. The van der Waals surface area contributed by atoms with Crippen molar-refractivity contribution in [3.63, 3.8) is 0 Å². The van der Waals surface area contributed by atoms with Crippen LogP contribution in [-0.4, -0.2) is 0 Å². The lowest BCUT2D eigenvalue weighted by molar-refractivity contribution is 1.03. The van der Waals surface area contributed by atoms with Crippen LogP contribution < -0.4 is 0 Å². The first-order valence-corrected chi connectivity index (χ1v) is 3.51. The van der Waals surface area contributed by atoms with Gasteiger partial charge in [-0.25, -0.2) is 0 Å². The first-order valence-electron chi connectivity index (χ1n) is 2.32. The Morgan fingerprint density at radius 2 is 2.00 bits per heavy atom. The topological polar surface area (TPSA) is 0 Å². The molecule has 0 spiro atoms. The minimum atomic E-state index is 0.650. The van der Waals surface area contributed by atoms with Gasteiger partial charge < -0.3 is 0 Å². The molecule has 0 unspecified atom stereocenters. The number of hydrogen-bond donors (Lipinski definition) is 0. The first-order chi connectivity index (χ1) is 4.38. The molecule has 0 heterocycles. The highest BCUT2D eigenvalue weighted by Crippen LogP contribution is 2.39. The molecule has 0 nitrogen and oxygen atoms in total. The molecular formula is C6H3ClFI. The minimum Gasteiger partial charge on any atom is -0.171 e. The minimum absolute atomic E-state index is 0.650. The summed E-state index contributed by atoms with van der Waals surface area (Å²) in [5, 5.41) is 0.914. The van der Waals surface area contributed by atoms with E-state index >= 15 is 0 Å². The molecule has 3 heteroatoms. The van der Waals surface area contributed by atoms with Gasteiger partial charge in [-0.1, -0.05) is 23.7 Å². The van der Waals surface area contributed by atoms with Crippen molar-refractivity contribution in [1.82, 2.24) is 0 Å². The molecule has 48 valence electrons. The zero-order valence-corrected chi connectivity index (χ0v) is 7.28. The van der Waals surface area contributed by atoms with Gasteiger partial charge in [0.1, 0.15) is 0 Å². The third kappa shape index (κ3) is 1.05. The van der Waals surface area contributed by atoms with Crippen LogP contribution in [0.3, 0.4) is 0 Å². The smallest absolute Gasteiger partial charge is 0.171 e. The monoisotopic (exact) mass is 256 g/mol. The van der Waals surface area contributed by atoms with Crippen molar-refractivity contribution in [2.45, 2.75) is 0 Å². The quantitative estimate of drug-likeness (QED) is 0.632. The lowest BCUT2D eigenvalue weighted by Crippen LogP contribution is -1.89. The normalized spacial score (nSPS) is 9.67. The molecule has 0 aliphatic heterocycles. The van der Waals surface area contributed by atoms with Gasteiger partial charge in [0, 0.05) is 10.6 Å². The summed E-state index contributed by atoms with van der Waals surface area (Å²) in [7, 11) is 0. The predicted molar refractivity (Wildman–Crippen MR) is 45.6 cm³/mol. The van der Waals surface area contributed by atoms with Gasteiger partial charge in [-0.05, 0) is 11.6 Å². The Kier molecular flexibility index (Phi) is 2.29. The summed E-state index contributed by atoms with van der Waals surface area (Å²) in [6.07, 6.45) is 0. The summed E-state index contributed by atoms with van der Waals surface area (Å²) in [5.41, 5.74) is 2.55. The van der Waals surface area contributed by atoms with Gasteiger partial charge in [0.2, 0.25) is 0 Å². The van der Waals surface area contributed by atoms with E-state index in [1.165, 1.54) is 11.1 Å². The number of halogens is 3. The predicted octanol–water partition coefficient (Wildman–Crippen LogP) is 3.63. The van der Waals surface area contributed by atoms with Crippen molar-refractivity contribution in [1.29, 1.82) is 0 Å². The fourth-order valence-corrected chi connectivity index (χ4v) is 1.03. The molecule has 2 aliphatic carbocycles. The summed E-state index contributed by atoms with van der Waals surface area (Å²) in [4.78, 5) is 0. The molecule has 0 saturated carbocycles. The number of fused-ring (bicyclic) bond motifs is 1. The molecule has 0 fully saturated rings. The Morgan fingerprint density at radius 3 is 2.00 bits per heavy atom. The third-order valence-electron chi connectivity index (χ3n) is 1.28. The van der Waals surface area contributed by atoms with Crippen LogP contribution in [0.5, 0.6) is 0 Å². The number of benzene rings is 1. The van der Waals surface area contributed by atoms with Gasteiger partial charge in [0.25, 0.3) is 0 Å². The SMILES string of the molecule is Clc1cc2ccc1-2.FI. The fourth-order valence-electron chi connectivity index (χ4n) is 0.743. The Morgan fingerprint density at radius 1 is 1.33 bits per heavy atom. The molecule has 0 bridgehead atoms. The van der Waals surface area contributed by atoms with Crippen LogP contribution in [-0.2, 0) is 0 Å².